The zero-order valence-corrected chi connectivity index (χ0v) is 11.2. The van der Waals surface area contributed by atoms with Crippen LogP contribution in [-0.4, -0.2) is 17.4 Å². The van der Waals surface area contributed by atoms with E-state index in [-0.39, 0.29) is 11.5 Å². The molecule has 0 aliphatic heterocycles. The molecule has 0 bridgehead atoms. The minimum atomic E-state index is -0.352. The summed E-state index contributed by atoms with van der Waals surface area (Å²) in [7, 11) is 0. The molecule has 5 nitrogen and oxygen atoms in total. The highest BCUT2D eigenvalue weighted by Gasteiger charge is 2.08. The fourth-order valence-electron chi connectivity index (χ4n) is 1.31. The molecule has 0 aromatic carbocycles. The molecule has 0 aliphatic rings. The Morgan fingerprint density at radius 1 is 1.58 bits per heavy atom. The lowest BCUT2D eigenvalue weighted by molar-refractivity contribution is -0.117. The lowest BCUT2D eigenvalue weighted by atomic mass is 10.2. The van der Waals surface area contributed by atoms with E-state index in [1.807, 2.05) is 32.0 Å². The van der Waals surface area contributed by atoms with Crippen molar-refractivity contribution in [1.29, 1.82) is 5.26 Å². The monoisotopic (exact) mass is 258 g/mol. The molecule has 0 spiro atoms. The van der Waals surface area contributed by atoms with Gasteiger partial charge in [-0.2, -0.15) is 5.26 Å². The largest absolute Gasteiger partial charge is 0.386 e. The van der Waals surface area contributed by atoms with Gasteiger partial charge in [-0.3, -0.25) is 9.78 Å². The number of carbonyl (C=O) groups is 1. The second-order valence-corrected chi connectivity index (χ2v) is 4.52. The third-order valence-corrected chi connectivity index (χ3v) is 2.31. The highest BCUT2D eigenvalue weighted by Crippen LogP contribution is 1.97. The number of amides is 1. The van der Waals surface area contributed by atoms with Crippen LogP contribution in [0.1, 0.15) is 19.4 Å². The minimum Gasteiger partial charge on any atom is -0.386 e. The SMILES string of the molecule is CC(C)CNC(=O)/C(C#N)=C\NCc1cccnc1. The first kappa shape index (κ1) is 14.7. The molecule has 0 radical (unpaired) electrons. The van der Waals surface area contributed by atoms with Gasteiger partial charge in [-0.05, 0) is 17.5 Å². The summed E-state index contributed by atoms with van der Waals surface area (Å²) in [6.07, 6.45) is 4.85. The van der Waals surface area contributed by atoms with Crippen LogP contribution in [0.2, 0.25) is 0 Å². The van der Waals surface area contributed by atoms with Gasteiger partial charge in [0.2, 0.25) is 0 Å². The average molecular weight is 258 g/mol. The van der Waals surface area contributed by atoms with Crippen molar-refractivity contribution >= 4 is 5.91 Å². The summed E-state index contributed by atoms with van der Waals surface area (Å²) < 4.78 is 0. The fraction of sp³-hybridized carbons (Fsp3) is 0.357. The second-order valence-electron chi connectivity index (χ2n) is 4.52. The van der Waals surface area contributed by atoms with Crippen molar-refractivity contribution in [2.45, 2.75) is 20.4 Å². The third kappa shape index (κ3) is 5.68. The lowest BCUT2D eigenvalue weighted by Gasteiger charge is -2.07. The molecule has 0 aliphatic carbocycles. The first-order chi connectivity index (χ1) is 9.13. The molecule has 5 heteroatoms. The van der Waals surface area contributed by atoms with Gasteiger partial charge in [0.15, 0.2) is 0 Å². The first-order valence-corrected chi connectivity index (χ1v) is 6.14. The molecule has 1 amide bonds. The molecular formula is C14H18N4O. The number of hydrogen-bond donors (Lipinski definition) is 2. The maximum Gasteiger partial charge on any atom is 0.263 e. The number of nitrogens with zero attached hydrogens (tertiary/aromatic N) is 2. The Kier molecular flexibility index (Phi) is 6.10. The van der Waals surface area contributed by atoms with Crippen molar-refractivity contribution in [3.63, 3.8) is 0 Å². The third-order valence-electron chi connectivity index (χ3n) is 2.31. The molecule has 0 fully saturated rings. The number of nitriles is 1. The number of pyridine rings is 1. The molecule has 1 rings (SSSR count). The number of aromatic nitrogens is 1. The first-order valence-electron chi connectivity index (χ1n) is 6.14. The van der Waals surface area contributed by atoms with Crippen molar-refractivity contribution in [2.75, 3.05) is 6.54 Å². The van der Waals surface area contributed by atoms with Crippen LogP contribution >= 0.6 is 0 Å². The Labute approximate surface area is 113 Å². The standard InChI is InChI=1S/C14H18N4O/c1-11(2)7-18-14(19)13(6-15)10-17-9-12-4-3-5-16-8-12/h3-5,8,10-11,17H,7,9H2,1-2H3,(H,18,19)/b13-10-. The molecule has 0 unspecified atom stereocenters. The van der Waals surface area contributed by atoms with Crippen LogP contribution in [-0.2, 0) is 11.3 Å². The van der Waals surface area contributed by atoms with Gasteiger partial charge in [-0.15, -0.1) is 0 Å². The quantitative estimate of drug-likeness (QED) is 0.596. The summed E-state index contributed by atoms with van der Waals surface area (Å²) in [5.41, 5.74) is 1.06. The summed E-state index contributed by atoms with van der Waals surface area (Å²) in [6.45, 7) is 5.07. The van der Waals surface area contributed by atoms with E-state index >= 15 is 0 Å². The molecule has 1 aromatic heterocycles. The molecule has 0 atom stereocenters. The van der Waals surface area contributed by atoms with Crippen molar-refractivity contribution in [2.24, 2.45) is 5.92 Å². The Morgan fingerprint density at radius 3 is 2.95 bits per heavy atom. The smallest absolute Gasteiger partial charge is 0.263 e. The maximum absolute atomic E-state index is 11.7. The summed E-state index contributed by atoms with van der Waals surface area (Å²) in [5, 5.41) is 14.6. The average Bonchev–Trinajstić information content (AvgIpc) is 2.42. The van der Waals surface area contributed by atoms with Gasteiger partial charge in [0.05, 0.1) is 0 Å². The van der Waals surface area contributed by atoms with Crippen LogP contribution in [0.3, 0.4) is 0 Å². The topological polar surface area (TPSA) is 77.8 Å². The van der Waals surface area contributed by atoms with Gasteiger partial charge < -0.3 is 10.6 Å². The van der Waals surface area contributed by atoms with Gasteiger partial charge in [0.1, 0.15) is 11.6 Å². The van der Waals surface area contributed by atoms with Crippen LogP contribution in [0.4, 0.5) is 0 Å². The highest BCUT2D eigenvalue weighted by atomic mass is 16.1. The normalized spacial score (nSPS) is 10.9. The van der Waals surface area contributed by atoms with Gasteiger partial charge in [-0.25, -0.2) is 0 Å². The Bertz CT molecular complexity index is 474. The second kappa shape index (κ2) is 7.88. The van der Waals surface area contributed by atoms with Crippen LogP contribution in [0.15, 0.2) is 36.3 Å². The highest BCUT2D eigenvalue weighted by molar-refractivity contribution is 5.97. The number of hydrogen-bond acceptors (Lipinski definition) is 4. The molecule has 100 valence electrons. The van der Waals surface area contributed by atoms with Crippen LogP contribution < -0.4 is 10.6 Å². The predicted molar refractivity (Wildman–Crippen MR) is 72.6 cm³/mol. The van der Waals surface area contributed by atoms with Gasteiger partial charge in [0.25, 0.3) is 5.91 Å². The van der Waals surface area contributed by atoms with E-state index < -0.39 is 0 Å². The Morgan fingerprint density at radius 2 is 2.37 bits per heavy atom. The van der Waals surface area contributed by atoms with E-state index in [2.05, 4.69) is 15.6 Å². The van der Waals surface area contributed by atoms with E-state index in [0.29, 0.717) is 19.0 Å². The number of rotatable bonds is 6. The van der Waals surface area contributed by atoms with Gasteiger partial charge >= 0.3 is 0 Å². The van der Waals surface area contributed by atoms with Crippen LogP contribution in [0.5, 0.6) is 0 Å². The van der Waals surface area contributed by atoms with Crippen LogP contribution in [0.25, 0.3) is 0 Å². The van der Waals surface area contributed by atoms with E-state index in [4.69, 9.17) is 5.26 Å². The minimum absolute atomic E-state index is 0.0736. The van der Waals surface area contributed by atoms with Gasteiger partial charge in [-0.1, -0.05) is 19.9 Å². The van der Waals surface area contributed by atoms with Crippen LogP contribution in [0, 0.1) is 17.2 Å². The molecule has 1 heterocycles. The van der Waals surface area contributed by atoms with Crippen molar-refractivity contribution in [3.8, 4) is 6.07 Å². The molecule has 0 saturated carbocycles. The molecule has 1 aromatic rings. The number of carbonyl (C=O) groups excluding carboxylic acids is 1. The van der Waals surface area contributed by atoms with Crippen molar-refractivity contribution in [1.82, 2.24) is 15.6 Å². The number of nitrogens with one attached hydrogen (secondary N) is 2. The summed E-state index contributed by atoms with van der Waals surface area (Å²) in [6, 6.07) is 5.63. The maximum atomic E-state index is 11.7. The lowest BCUT2D eigenvalue weighted by Crippen LogP contribution is -2.29. The Balaban J connectivity index is 2.48. The van der Waals surface area contributed by atoms with Crippen molar-refractivity contribution < 1.29 is 4.79 Å². The van der Waals surface area contributed by atoms with Crippen molar-refractivity contribution in [3.05, 3.63) is 41.9 Å². The predicted octanol–water partition coefficient (Wildman–Crippen LogP) is 1.35. The molecule has 0 saturated heterocycles. The zero-order valence-electron chi connectivity index (χ0n) is 11.2. The van der Waals surface area contributed by atoms with E-state index in [1.54, 1.807) is 12.4 Å². The van der Waals surface area contributed by atoms with E-state index in [9.17, 15) is 4.79 Å². The summed E-state index contributed by atoms with van der Waals surface area (Å²) in [4.78, 5) is 15.6. The van der Waals surface area contributed by atoms with E-state index in [0.717, 1.165) is 5.56 Å². The zero-order chi connectivity index (χ0) is 14.1. The van der Waals surface area contributed by atoms with Gasteiger partial charge in [0, 0.05) is 31.7 Å². The molecular weight excluding hydrogens is 240 g/mol. The Hall–Kier alpha value is -2.35. The fourth-order valence-corrected chi connectivity index (χ4v) is 1.31. The summed E-state index contributed by atoms with van der Waals surface area (Å²) >= 11 is 0. The molecule has 2 N–H and O–H groups in total. The summed E-state index contributed by atoms with van der Waals surface area (Å²) in [5.74, 6) is 0.00197. The van der Waals surface area contributed by atoms with E-state index in [1.165, 1.54) is 6.20 Å². The molecule has 19 heavy (non-hydrogen) atoms.